The standard InChI is InChI=1S/C36H41F3N4O8/c1-20-18-50-21(2)16-42(20)34(46)29(19-48-5)41-13-7-8-28(33(41)45)43-17-25(30-26(37)14-24(49-6)15-27(30)38)31(35(43)47)40-32(44)22-9-11-23(12-10-22)51-36(3,4)39/h7-15,20-21,25,29,31H,16-19H2,1-6H3,(H,40,44)/t20-,21-,25-,29?,31-/m0/s1. The second-order valence-electron chi connectivity index (χ2n) is 13.1. The number of ether oxygens (including phenoxy) is 4. The number of aromatic nitrogens is 1. The number of hydrogen-bond acceptors (Lipinski definition) is 8. The van der Waals surface area contributed by atoms with Gasteiger partial charge in [-0.1, -0.05) is 0 Å². The number of morpholine rings is 1. The van der Waals surface area contributed by atoms with Crippen molar-refractivity contribution in [3.63, 3.8) is 0 Å². The van der Waals surface area contributed by atoms with Crippen LogP contribution in [-0.4, -0.2) is 91.8 Å². The molecule has 3 amide bonds. The number of carbonyl (C=O) groups is 3. The fraction of sp³-hybridized carbons (Fsp3) is 0.444. The molecule has 2 saturated heterocycles. The van der Waals surface area contributed by atoms with Crippen molar-refractivity contribution in [2.45, 2.75) is 63.7 Å². The first-order valence-electron chi connectivity index (χ1n) is 16.4. The highest BCUT2D eigenvalue weighted by atomic mass is 19.2. The smallest absolute Gasteiger partial charge is 0.275 e. The lowest BCUT2D eigenvalue weighted by Crippen LogP contribution is -2.53. The van der Waals surface area contributed by atoms with E-state index in [1.807, 2.05) is 13.8 Å². The van der Waals surface area contributed by atoms with Crippen molar-refractivity contribution in [3.05, 3.63) is 87.8 Å². The van der Waals surface area contributed by atoms with E-state index in [1.54, 1.807) is 4.90 Å². The molecule has 12 nitrogen and oxygen atoms in total. The van der Waals surface area contributed by atoms with Gasteiger partial charge in [0.2, 0.25) is 17.7 Å². The molecule has 0 bridgehead atoms. The van der Waals surface area contributed by atoms with Crippen LogP contribution in [-0.2, 0) is 19.1 Å². The summed E-state index contributed by atoms with van der Waals surface area (Å²) < 4.78 is 67.4. The Bertz CT molecular complexity index is 1810. The SMILES string of the molecule is COCC(C(=O)N1C[C@H](C)OC[C@@H]1C)n1cccc(N2C[C@@H](c3c(F)cc(OC)cc3F)[C@H](NC(=O)c3ccc(OC(C)(C)F)cc3)C2=O)c1=O. The zero-order valence-electron chi connectivity index (χ0n) is 29.2. The maximum Gasteiger partial charge on any atom is 0.275 e. The predicted octanol–water partition coefficient (Wildman–Crippen LogP) is 3.97. The molecular weight excluding hydrogens is 673 g/mol. The van der Waals surface area contributed by atoms with Crippen molar-refractivity contribution in [1.82, 2.24) is 14.8 Å². The molecule has 1 unspecified atom stereocenters. The van der Waals surface area contributed by atoms with E-state index < -0.39 is 65.0 Å². The Balaban J connectivity index is 1.51. The summed E-state index contributed by atoms with van der Waals surface area (Å²) in [5.41, 5.74) is -1.35. The number of anilines is 1. The van der Waals surface area contributed by atoms with Gasteiger partial charge in [-0.05, 0) is 50.2 Å². The fourth-order valence-corrected chi connectivity index (χ4v) is 6.36. The van der Waals surface area contributed by atoms with Gasteiger partial charge in [-0.15, -0.1) is 0 Å². The van der Waals surface area contributed by atoms with Gasteiger partial charge < -0.3 is 34.1 Å². The fourth-order valence-electron chi connectivity index (χ4n) is 6.36. The average Bonchev–Trinajstić information content (AvgIpc) is 3.38. The summed E-state index contributed by atoms with van der Waals surface area (Å²) in [5, 5.41) is 2.58. The summed E-state index contributed by atoms with van der Waals surface area (Å²) in [6, 6.07) is 7.25. The number of rotatable bonds is 11. The van der Waals surface area contributed by atoms with E-state index in [2.05, 4.69) is 5.32 Å². The minimum absolute atomic E-state index is 0.0503. The van der Waals surface area contributed by atoms with Crippen molar-refractivity contribution < 1.29 is 46.5 Å². The second kappa shape index (κ2) is 15.2. The Labute approximate surface area is 293 Å². The van der Waals surface area contributed by atoms with E-state index in [9.17, 15) is 23.6 Å². The molecule has 3 heterocycles. The lowest BCUT2D eigenvalue weighted by Gasteiger charge is -2.38. The van der Waals surface area contributed by atoms with Crippen molar-refractivity contribution in [2.24, 2.45) is 0 Å². The van der Waals surface area contributed by atoms with Gasteiger partial charge in [0.15, 0.2) is 0 Å². The number of nitrogens with one attached hydrogen (secondary N) is 1. The molecule has 51 heavy (non-hydrogen) atoms. The molecule has 1 aromatic heterocycles. The van der Waals surface area contributed by atoms with Crippen LogP contribution in [0.5, 0.6) is 11.5 Å². The quantitative estimate of drug-likeness (QED) is 0.316. The van der Waals surface area contributed by atoms with Crippen LogP contribution in [0.2, 0.25) is 0 Å². The molecule has 0 saturated carbocycles. The number of alkyl halides is 1. The van der Waals surface area contributed by atoms with E-state index in [0.717, 1.165) is 17.0 Å². The third kappa shape index (κ3) is 8.04. The van der Waals surface area contributed by atoms with E-state index in [-0.39, 0.29) is 47.4 Å². The zero-order valence-corrected chi connectivity index (χ0v) is 29.2. The highest BCUT2D eigenvalue weighted by Crippen LogP contribution is 2.36. The number of nitrogens with zero attached hydrogens (tertiary/aromatic N) is 3. The third-order valence-electron chi connectivity index (χ3n) is 8.82. The molecule has 2 fully saturated rings. The van der Waals surface area contributed by atoms with Crippen molar-refractivity contribution in [2.75, 3.05) is 45.4 Å². The Kier molecular flexibility index (Phi) is 11.1. The summed E-state index contributed by atoms with van der Waals surface area (Å²) >= 11 is 0. The van der Waals surface area contributed by atoms with Crippen LogP contribution in [0.3, 0.4) is 0 Å². The first kappa shape index (κ1) is 37.4. The third-order valence-corrected chi connectivity index (χ3v) is 8.82. The summed E-state index contributed by atoms with van der Waals surface area (Å²) in [7, 11) is 2.63. The molecule has 5 atom stereocenters. The number of hydrogen-bond donors (Lipinski definition) is 1. The summed E-state index contributed by atoms with van der Waals surface area (Å²) in [6.07, 6.45) is 1.18. The van der Waals surface area contributed by atoms with Gasteiger partial charge in [0, 0.05) is 69.4 Å². The topological polar surface area (TPSA) is 129 Å². The van der Waals surface area contributed by atoms with Gasteiger partial charge in [0.25, 0.3) is 11.5 Å². The van der Waals surface area contributed by atoms with Crippen LogP contribution in [0.4, 0.5) is 18.9 Å². The van der Waals surface area contributed by atoms with Gasteiger partial charge >= 0.3 is 0 Å². The first-order valence-corrected chi connectivity index (χ1v) is 16.4. The van der Waals surface area contributed by atoms with Crippen LogP contribution in [0, 0.1) is 11.6 Å². The van der Waals surface area contributed by atoms with Gasteiger partial charge in [0.1, 0.15) is 40.9 Å². The minimum atomic E-state index is -1.98. The summed E-state index contributed by atoms with van der Waals surface area (Å²) in [4.78, 5) is 58.2. The molecule has 0 spiro atoms. The average molecular weight is 715 g/mol. The molecule has 1 N–H and O–H groups in total. The zero-order chi connectivity index (χ0) is 37.2. The predicted molar refractivity (Wildman–Crippen MR) is 180 cm³/mol. The molecule has 2 aliphatic rings. The van der Waals surface area contributed by atoms with Crippen molar-refractivity contribution in [3.8, 4) is 11.5 Å². The number of pyridine rings is 1. The van der Waals surface area contributed by atoms with Crippen molar-refractivity contribution >= 4 is 23.4 Å². The Hall–Kier alpha value is -4.89. The van der Waals surface area contributed by atoms with E-state index >= 15 is 8.78 Å². The van der Waals surface area contributed by atoms with Crippen LogP contribution in [0.25, 0.3) is 0 Å². The lowest BCUT2D eigenvalue weighted by atomic mass is 9.92. The normalized spacial score (nSPS) is 21.4. The van der Waals surface area contributed by atoms with Gasteiger partial charge in [-0.3, -0.25) is 23.7 Å². The molecule has 2 aliphatic heterocycles. The van der Waals surface area contributed by atoms with Crippen LogP contribution < -0.4 is 25.2 Å². The number of benzene rings is 2. The lowest BCUT2D eigenvalue weighted by molar-refractivity contribution is -0.148. The summed E-state index contributed by atoms with van der Waals surface area (Å²) in [6.45, 7) is 6.13. The second-order valence-corrected chi connectivity index (χ2v) is 13.1. The maximum absolute atomic E-state index is 15.5. The number of carbonyl (C=O) groups excluding carboxylic acids is 3. The Morgan fingerprint density at radius 1 is 1.02 bits per heavy atom. The van der Waals surface area contributed by atoms with Crippen LogP contribution in [0.1, 0.15) is 55.6 Å². The monoisotopic (exact) mass is 714 g/mol. The molecule has 2 aromatic carbocycles. The molecule has 274 valence electrons. The van der Waals surface area contributed by atoms with Gasteiger partial charge in [0.05, 0.1) is 32.5 Å². The molecule has 0 aliphatic carbocycles. The maximum atomic E-state index is 15.5. The molecule has 0 radical (unpaired) electrons. The molecule has 3 aromatic rings. The largest absolute Gasteiger partial charge is 0.497 e. The number of amides is 3. The van der Waals surface area contributed by atoms with Crippen LogP contribution in [0.15, 0.2) is 59.5 Å². The van der Waals surface area contributed by atoms with E-state index in [0.29, 0.717) is 13.2 Å². The molecular formula is C36H41F3N4O8. The van der Waals surface area contributed by atoms with Crippen LogP contribution >= 0.6 is 0 Å². The Morgan fingerprint density at radius 2 is 1.69 bits per heavy atom. The molecule has 5 rings (SSSR count). The highest BCUT2D eigenvalue weighted by molar-refractivity contribution is 6.05. The highest BCUT2D eigenvalue weighted by Gasteiger charge is 2.46. The van der Waals surface area contributed by atoms with Crippen molar-refractivity contribution in [1.29, 1.82) is 0 Å². The van der Waals surface area contributed by atoms with E-state index in [1.165, 1.54) is 75.2 Å². The first-order chi connectivity index (χ1) is 24.1. The van der Waals surface area contributed by atoms with Gasteiger partial charge in [-0.2, -0.15) is 4.39 Å². The van der Waals surface area contributed by atoms with E-state index in [4.69, 9.17) is 18.9 Å². The number of halogens is 3. The Morgan fingerprint density at radius 3 is 2.29 bits per heavy atom. The number of methoxy groups -OCH3 is 2. The van der Waals surface area contributed by atoms with Gasteiger partial charge in [-0.25, -0.2) is 8.78 Å². The molecule has 15 heteroatoms. The summed E-state index contributed by atoms with van der Waals surface area (Å²) in [5.74, 6) is -7.25. The minimum Gasteiger partial charge on any atom is -0.497 e.